The van der Waals surface area contributed by atoms with Crippen LogP contribution in [0, 0.1) is 0 Å². The molecule has 0 spiro atoms. The molecule has 0 bridgehead atoms. The fraction of sp³-hybridized carbons (Fsp3) is 0.500. The maximum atomic E-state index is 5.77. The second-order valence-corrected chi connectivity index (χ2v) is 4.84. The largest absolute Gasteiger partial charge is 0.354 e. The average molecular weight is 278 g/mol. The molecule has 0 aliphatic carbocycles. The lowest BCUT2D eigenvalue weighted by Gasteiger charge is -2.35. The molecular weight excluding hydrogens is 263 g/mol. The number of hydrogen-bond acceptors (Lipinski definition) is 2. The van der Waals surface area contributed by atoms with Crippen molar-refractivity contribution in [1.82, 2.24) is 4.98 Å². The summed E-state index contributed by atoms with van der Waals surface area (Å²) in [4.78, 5) is 6.39. The van der Waals surface area contributed by atoms with Crippen LogP contribution in [0.4, 0.5) is 5.82 Å². The highest BCUT2D eigenvalue weighted by atomic mass is 79.9. The lowest BCUT2D eigenvalue weighted by Crippen LogP contribution is -2.43. The van der Waals surface area contributed by atoms with Crippen LogP contribution in [-0.2, 0) is 0 Å². The summed E-state index contributed by atoms with van der Waals surface area (Å²) in [5.41, 5.74) is 0.0425. The number of pyridine rings is 1. The van der Waals surface area contributed by atoms with Crippen molar-refractivity contribution >= 4 is 33.3 Å². The molecule has 0 aromatic carbocycles. The minimum absolute atomic E-state index is 0.0425. The van der Waals surface area contributed by atoms with E-state index in [1.807, 2.05) is 19.2 Å². The molecule has 4 heteroatoms. The Hall–Kier alpha value is -0.280. The van der Waals surface area contributed by atoms with Crippen molar-refractivity contribution < 1.29 is 0 Å². The van der Waals surface area contributed by atoms with Gasteiger partial charge in [0.2, 0.25) is 0 Å². The van der Waals surface area contributed by atoms with Gasteiger partial charge in [-0.05, 0) is 26.0 Å². The lowest BCUT2D eigenvalue weighted by molar-refractivity contribution is 0.547. The van der Waals surface area contributed by atoms with E-state index in [4.69, 9.17) is 11.6 Å². The number of anilines is 1. The Morgan fingerprint density at radius 1 is 1.50 bits per heavy atom. The highest BCUT2D eigenvalue weighted by molar-refractivity contribution is 9.09. The molecule has 0 saturated heterocycles. The Morgan fingerprint density at radius 2 is 2.14 bits per heavy atom. The minimum Gasteiger partial charge on any atom is -0.354 e. The van der Waals surface area contributed by atoms with Crippen LogP contribution in [0.1, 0.15) is 13.8 Å². The monoisotopic (exact) mass is 276 g/mol. The van der Waals surface area contributed by atoms with E-state index in [-0.39, 0.29) is 5.54 Å². The summed E-state index contributed by atoms with van der Waals surface area (Å²) in [5, 5.41) is 1.56. The number of rotatable bonds is 3. The van der Waals surface area contributed by atoms with E-state index in [1.54, 1.807) is 6.20 Å². The van der Waals surface area contributed by atoms with E-state index >= 15 is 0 Å². The van der Waals surface area contributed by atoms with Crippen molar-refractivity contribution in [2.24, 2.45) is 0 Å². The summed E-state index contributed by atoms with van der Waals surface area (Å²) in [6, 6.07) is 3.78. The van der Waals surface area contributed by atoms with E-state index in [2.05, 4.69) is 39.7 Å². The zero-order valence-corrected chi connectivity index (χ0v) is 10.9. The second-order valence-electron chi connectivity index (χ2n) is 3.84. The van der Waals surface area contributed by atoms with E-state index in [1.165, 1.54) is 0 Å². The molecule has 0 aliphatic rings. The first kappa shape index (κ1) is 11.8. The molecule has 0 atom stereocenters. The van der Waals surface area contributed by atoms with Crippen LogP contribution in [-0.4, -0.2) is 22.9 Å². The van der Waals surface area contributed by atoms with Crippen molar-refractivity contribution in [2.75, 3.05) is 17.3 Å². The van der Waals surface area contributed by atoms with Crippen molar-refractivity contribution in [1.29, 1.82) is 0 Å². The van der Waals surface area contributed by atoms with Crippen LogP contribution in [0.3, 0.4) is 0 Å². The lowest BCUT2D eigenvalue weighted by atomic mass is 10.1. The van der Waals surface area contributed by atoms with Crippen LogP contribution in [0.25, 0.3) is 0 Å². The molecule has 0 saturated carbocycles. The molecule has 0 radical (unpaired) electrons. The number of halogens is 2. The van der Waals surface area contributed by atoms with Crippen LogP contribution >= 0.6 is 27.5 Å². The molecule has 0 aliphatic heterocycles. The number of hydrogen-bond donors (Lipinski definition) is 0. The standard InChI is InChI=1S/C10H14BrClN2/c1-10(2,7-11)14(3)9-5-4-8(12)6-13-9/h4-6H,7H2,1-3H3. The molecule has 2 nitrogen and oxygen atoms in total. The predicted molar refractivity (Wildman–Crippen MR) is 65.5 cm³/mol. The molecule has 1 heterocycles. The summed E-state index contributed by atoms with van der Waals surface area (Å²) in [7, 11) is 2.03. The van der Waals surface area contributed by atoms with Gasteiger partial charge in [-0.3, -0.25) is 0 Å². The van der Waals surface area contributed by atoms with Gasteiger partial charge in [-0.25, -0.2) is 4.98 Å². The van der Waals surface area contributed by atoms with Gasteiger partial charge in [0.15, 0.2) is 0 Å². The summed E-state index contributed by atoms with van der Waals surface area (Å²) >= 11 is 9.26. The van der Waals surface area contributed by atoms with Gasteiger partial charge in [-0.15, -0.1) is 0 Å². The first-order valence-corrected chi connectivity index (χ1v) is 5.88. The molecule has 1 aromatic heterocycles. The third-order valence-electron chi connectivity index (χ3n) is 2.29. The molecular formula is C10H14BrClN2. The van der Waals surface area contributed by atoms with Gasteiger partial charge in [-0.2, -0.15) is 0 Å². The molecule has 1 aromatic rings. The van der Waals surface area contributed by atoms with Crippen LogP contribution < -0.4 is 4.90 Å². The summed E-state index contributed by atoms with van der Waals surface area (Å²) in [6.07, 6.45) is 1.66. The Balaban J connectivity index is 2.89. The highest BCUT2D eigenvalue weighted by Gasteiger charge is 2.22. The molecule has 0 N–H and O–H groups in total. The van der Waals surface area contributed by atoms with Gasteiger partial charge in [-0.1, -0.05) is 27.5 Å². The number of alkyl halides is 1. The first-order chi connectivity index (χ1) is 6.47. The topological polar surface area (TPSA) is 16.1 Å². The zero-order chi connectivity index (χ0) is 10.8. The van der Waals surface area contributed by atoms with Crippen LogP contribution in [0.2, 0.25) is 5.02 Å². The second kappa shape index (κ2) is 4.49. The maximum Gasteiger partial charge on any atom is 0.128 e. The molecule has 78 valence electrons. The third-order valence-corrected chi connectivity index (χ3v) is 3.89. The molecule has 0 fully saturated rings. The zero-order valence-electron chi connectivity index (χ0n) is 8.59. The molecule has 0 amide bonds. The normalized spacial score (nSPS) is 11.5. The molecule has 14 heavy (non-hydrogen) atoms. The SMILES string of the molecule is CN(c1ccc(Cl)cn1)C(C)(C)CBr. The van der Waals surface area contributed by atoms with Gasteiger partial charge in [0.1, 0.15) is 5.82 Å². The first-order valence-electron chi connectivity index (χ1n) is 4.39. The predicted octanol–water partition coefficient (Wildman–Crippen LogP) is 3.34. The average Bonchev–Trinajstić information content (AvgIpc) is 2.18. The van der Waals surface area contributed by atoms with E-state index in [0.717, 1.165) is 11.1 Å². The molecule has 0 unspecified atom stereocenters. The highest BCUT2D eigenvalue weighted by Crippen LogP contribution is 2.22. The fourth-order valence-electron chi connectivity index (χ4n) is 0.966. The van der Waals surface area contributed by atoms with Gasteiger partial charge in [0, 0.05) is 24.1 Å². The molecule has 1 rings (SSSR count). The van der Waals surface area contributed by atoms with E-state index in [0.29, 0.717) is 5.02 Å². The third kappa shape index (κ3) is 2.61. The van der Waals surface area contributed by atoms with Crippen molar-refractivity contribution in [3.63, 3.8) is 0 Å². The summed E-state index contributed by atoms with van der Waals surface area (Å²) < 4.78 is 0. The van der Waals surface area contributed by atoms with Gasteiger partial charge < -0.3 is 4.90 Å². The van der Waals surface area contributed by atoms with E-state index in [9.17, 15) is 0 Å². The van der Waals surface area contributed by atoms with Gasteiger partial charge in [0.05, 0.1) is 5.02 Å². The summed E-state index contributed by atoms with van der Waals surface area (Å²) in [6.45, 7) is 4.30. The van der Waals surface area contributed by atoms with E-state index < -0.39 is 0 Å². The quantitative estimate of drug-likeness (QED) is 0.788. The van der Waals surface area contributed by atoms with Crippen molar-refractivity contribution in [2.45, 2.75) is 19.4 Å². The Bertz CT molecular complexity index is 297. The van der Waals surface area contributed by atoms with Crippen LogP contribution in [0.15, 0.2) is 18.3 Å². The van der Waals surface area contributed by atoms with Crippen LogP contribution in [0.5, 0.6) is 0 Å². The number of nitrogens with zero attached hydrogens (tertiary/aromatic N) is 2. The maximum absolute atomic E-state index is 5.77. The van der Waals surface area contributed by atoms with Gasteiger partial charge >= 0.3 is 0 Å². The van der Waals surface area contributed by atoms with Crippen molar-refractivity contribution in [3.8, 4) is 0 Å². The smallest absolute Gasteiger partial charge is 0.128 e. The minimum atomic E-state index is 0.0425. The van der Waals surface area contributed by atoms with Gasteiger partial charge in [0.25, 0.3) is 0 Å². The fourth-order valence-corrected chi connectivity index (χ4v) is 1.45. The Morgan fingerprint density at radius 3 is 2.57 bits per heavy atom. The Labute approximate surface area is 98.4 Å². The summed E-state index contributed by atoms with van der Waals surface area (Å²) in [5.74, 6) is 0.929. The Kier molecular flexibility index (Phi) is 3.78. The van der Waals surface area contributed by atoms with Crippen molar-refractivity contribution in [3.05, 3.63) is 23.4 Å². The number of aromatic nitrogens is 1.